The predicted octanol–water partition coefficient (Wildman–Crippen LogP) is 2.53. The van der Waals surface area contributed by atoms with Crippen LogP contribution in [0.5, 0.6) is 0 Å². The lowest BCUT2D eigenvalue weighted by Crippen LogP contribution is -1.98. The Morgan fingerprint density at radius 1 is 1.46 bits per heavy atom. The first-order valence-electron chi connectivity index (χ1n) is 4.51. The zero-order chi connectivity index (χ0) is 9.10. The maximum Gasteiger partial charge on any atom is 0.0676 e. The van der Waals surface area contributed by atoms with Gasteiger partial charge in [0.1, 0.15) is 0 Å². The molecule has 0 aromatic carbocycles. The predicted molar refractivity (Wildman–Crippen MR) is 54.5 cm³/mol. The molecule has 2 heteroatoms. The zero-order valence-corrected chi connectivity index (χ0v) is 7.64. The van der Waals surface area contributed by atoms with Crippen molar-refractivity contribution in [1.82, 2.24) is 4.98 Å². The minimum Gasteiger partial charge on any atom is -0.264 e. The van der Waals surface area contributed by atoms with Crippen LogP contribution in [0.2, 0.25) is 0 Å². The van der Waals surface area contributed by atoms with Gasteiger partial charge in [-0.15, -0.1) is 0 Å². The summed E-state index contributed by atoms with van der Waals surface area (Å²) in [6, 6.07) is 3.97. The summed E-state index contributed by atoms with van der Waals surface area (Å²) >= 11 is 0. The SMILES string of the molecule is CC1C=C(c2cccnc2)N=CC1. The van der Waals surface area contributed by atoms with Crippen molar-refractivity contribution in [2.75, 3.05) is 0 Å². The van der Waals surface area contributed by atoms with Crippen molar-refractivity contribution in [3.05, 3.63) is 36.2 Å². The van der Waals surface area contributed by atoms with Crippen LogP contribution in [0.3, 0.4) is 0 Å². The summed E-state index contributed by atoms with van der Waals surface area (Å²) in [5, 5.41) is 0. The molecule has 0 bridgehead atoms. The van der Waals surface area contributed by atoms with Crippen LogP contribution in [-0.4, -0.2) is 11.2 Å². The first-order chi connectivity index (χ1) is 6.36. The zero-order valence-electron chi connectivity index (χ0n) is 7.64. The number of pyridine rings is 1. The number of nitrogens with zero attached hydrogens (tertiary/aromatic N) is 2. The molecule has 1 unspecified atom stereocenters. The highest BCUT2D eigenvalue weighted by Crippen LogP contribution is 2.21. The molecular weight excluding hydrogens is 160 g/mol. The maximum atomic E-state index is 4.35. The molecule has 2 heterocycles. The minimum atomic E-state index is 0.590. The third-order valence-corrected chi connectivity index (χ3v) is 2.11. The standard InChI is InChI=1S/C11H12N2/c1-9-4-6-13-11(7-9)10-3-2-5-12-8-10/h2-3,5-9H,4H2,1H3. The largest absolute Gasteiger partial charge is 0.264 e. The van der Waals surface area contributed by atoms with E-state index in [9.17, 15) is 0 Å². The number of hydrogen-bond acceptors (Lipinski definition) is 2. The van der Waals surface area contributed by atoms with Crippen molar-refractivity contribution in [2.24, 2.45) is 10.9 Å². The second-order valence-corrected chi connectivity index (χ2v) is 3.32. The summed E-state index contributed by atoms with van der Waals surface area (Å²) in [7, 11) is 0. The van der Waals surface area contributed by atoms with Gasteiger partial charge in [-0.25, -0.2) is 0 Å². The third-order valence-electron chi connectivity index (χ3n) is 2.11. The van der Waals surface area contributed by atoms with Crippen LogP contribution in [0.1, 0.15) is 18.9 Å². The van der Waals surface area contributed by atoms with E-state index in [1.807, 2.05) is 24.5 Å². The molecule has 0 spiro atoms. The Morgan fingerprint density at radius 2 is 2.38 bits per heavy atom. The number of hydrogen-bond donors (Lipinski definition) is 0. The minimum absolute atomic E-state index is 0.590. The van der Waals surface area contributed by atoms with Crippen molar-refractivity contribution >= 4 is 11.9 Å². The molecule has 0 saturated heterocycles. The fourth-order valence-corrected chi connectivity index (χ4v) is 1.38. The van der Waals surface area contributed by atoms with E-state index in [-0.39, 0.29) is 0 Å². The van der Waals surface area contributed by atoms with Crippen LogP contribution < -0.4 is 0 Å². The van der Waals surface area contributed by atoms with Crippen molar-refractivity contribution in [3.63, 3.8) is 0 Å². The molecule has 1 aromatic rings. The fourth-order valence-electron chi connectivity index (χ4n) is 1.38. The molecule has 1 aliphatic rings. The Bertz CT molecular complexity index is 338. The van der Waals surface area contributed by atoms with Gasteiger partial charge in [0.2, 0.25) is 0 Å². The summed E-state index contributed by atoms with van der Waals surface area (Å²) in [5.41, 5.74) is 2.15. The lowest BCUT2D eigenvalue weighted by Gasteiger charge is -2.10. The molecule has 2 rings (SSSR count). The van der Waals surface area contributed by atoms with E-state index in [2.05, 4.69) is 23.0 Å². The molecule has 2 nitrogen and oxygen atoms in total. The first kappa shape index (κ1) is 8.17. The summed E-state index contributed by atoms with van der Waals surface area (Å²) in [4.78, 5) is 8.42. The van der Waals surface area contributed by atoms with Gasteiger partial charge in [0.15, 0.2) is 0 Å². The maximum absolute atomic E-state index is 4.35. The number of aliphatic imine (C=N–C) groups is 1. The Balaban J connectivity index is 2.32. The van der Waals surface area contributed by atoms with Gasteiger partial charge in [0.05, 0.1) is 5.70 Å². The van der Waals surface area contributed by atoms with Crippen molar-refractivity contribution in [1.29, 1.82) is 0 Å². The van der Waals surface area contributed by atoms with Gasteiger partial charge in [0.25, 0.3) is 0 Å². The number of aromatic nitrogens is 1. The van der Waals surface area contributed by atoms with E-state index in [4.69, 9.17) is 0 Å². The molecule has 0 aliphatic carbocycles. The monoisotopic (exact) mass is 172 g/mol. The van der Waals surface area contributed by atoms with E-state index >= 15 is 0 Å². The lowest BCUT2D eigenvalue weighted by atomic mass is 10.0. The topological polar surface area (TPSA) is 25.2 Å². The molecule has 0 radical (unpaired) electrons. The van der Waals surface area contributed by atoms with Crippen molar-refractivity contribution in [2.45, 2.75) is 13.3 Å². The molecule has 1 atom stereocenters. The second kappa shape index (κ2) is 3.52. The van der Waals surface area contributed by atoms with Gasteiger partial charge in [0, 0.05) is 24.2 Å². The Labute approximate surface area is 78.0 Å². The summed E-state index contributed by atoms with van der Waals surface area (Å²) in [6.45, 7) is 2.20. The van der Waals surface area contributed by atoms with Gasteiger partial charge in [-0.3, -0.25) is 9.98 Å². The van der Waals surface area contributed by atoms with E-state index < -0.39 is 0 Å². The van der Waals surface area contributed by atoms with E-state index in [0.29, 0.717) is 5.92 Å². The van der Waals surface area contributed by atoms with Gasteiger partial charge >= 0.3 is 0 Å². The molecule has 0 N–H and O–H groups in total. The van der Waals surface area contributed by atoms with Gasteiger partial charge in [-0.05, 0) is 24.5 Å². The molecule has 0 fully saturated rings. The Kier molecular flexibility index (Phi) is 2.21. The third kappa shape index (κ3) is 1.83. The smallest absolute Gasteiger partial charge is 0.0676 e. The second-order valence-electron chi connectivity index (χ2n) is 3.32. The van der Waals surface area contributed by atoms with E-state index in [1.165, 1.54) is 0 Å². The summed E-state index contributed by atoms with van der Waals surface area (Å²) < 4.78 is 0. The molecule has 0 amide bonds. The van der Waals surface area contributed by atoms with Crippen LogP contribution in [0.15, 0.2) is 35.6 Å². The van der Waals surface area contributed by atoms with Crippen LogP contribution in [0.25, 0.3) is 5.70 Å². The highest BCUT2D eigenvalue weighted by molar-refractivity contribution is 5.76. The van der Waals surface area contributed by atoms with Crippen molar-refractivity contribution in [3.8, 4) is 0 Å². The summed E-state index contributed by atoms with van der Waals surface area (Å²) in [6.07, 6.45) is 8.84. The lowest BCUT2D eigenvalue weighted by molar-refractivity contribution is 0.769. The normalized spacial score (nSPS) is 21.3. The molecule has 0 saturated carbocycles. The van der Waals surface area contributed by atoms with Crippen molar-refractivity contribution < 1.29 is 0 Å². The van der Waals surface area contributed by atoms with Gasteiger partial charge < -0.3 is 0 Å². The van der Waals surface area contributed by atoms with Crippen LogP contribution in [0.4, 0.5) is 0 Å². The quantitative estimate of drug-likeness (QED) is 0.639. The highest BCUT2D eigenvalue weighted by Gasteiger charge is 2.06. The van der Waals surface area contributed by atoms with Crippen LogP contribution >= 0.6 is 0 Å². The number of rotatable bonds is 1. The average Bonchev–Trinajstić information content (AvgIpc) is 2.19. The first-order valence-corrected chi connectivity index (χ1v) is 4.51. The summed E-state index contributed by atoms with van der Waals surface area (Å²) in [5.74, 6) is 0.590. The molecule has 1 aliphatic heterocycles. The Hall–Kier alpha value is -1.44. The molecule has 1 aromatic heterocycles. The average molecular weight is 172 g/mol. The molecule has 66 valence electrons. The highest BCUT2D eigenvalue weighted by atomic mass is 14.8. The fraction of sp³-hybridized carbons (Fsp3) is 0.273. The Morgan fingerprint density at radius 3 is 3.08 bits per heavy atom. The number of allylic oxidation sites excluding steroid dienone is 1. The van der Waals surface area contributed by atoms with E-state index in [0.717, 1.165) is 17.7 Å². The van der Waals surface area contributed by atoms with Crippen LogP contribution in [0, 0.1) is 5.92 Å². The molecular formula is C11H12N2. The molecule has 13 heavy (non-hydrogen) atoms. The van der Waals surface area contributed by atoms with Gasteiger partial charge in [-0.1, -0.05) is 13.0 Å². The van der Waals surface area contributed by atoms with Crippen LogP contribution in [-0.2, 0) is 0 Å². The van der Waals surface area contributed by atoms with E-state index in [1.54, 1.807) is 6.20 Å². The van der Waals surface area contributed by atoms with Gasteiger partial charge in [-0.2, -0.15) is 0 Å².